The quantitative estimate of drug-likeness (QED) is 0.719. The molecule has 0 aliphatic rings. The van der Waals surface area contributed by atoms with Gasteiger partial charge in [0.15, 0.2) is 17.7 Å². The molecule has 0 bridgehead atoms. The van der Waals surface area contributed by atoms with Gasteiger partial charge < -0.3 is 10.6 Å². The van der Waals surface area contributed by atoms with Crippen molar-refractivity contribution in [1.82, 2.24) is 0 Å². The van der Waals surface area contributed by atoms with E-state index in [9.17, 15) is 13.6 Å². The number of hydrogen-bond donors (Lipinski definition) is 2. The first-order chi connectivity index (χ1) is 12.5. The van der Waals surface area contributed by atoms with Crippen LogP contribution in [0.4, 0.5) is 14.5 Å². The molecule has 5 heteroatoms. The van der Waals surface area contributed by atoms with E-state index >= 15 is 0 Å². The van der Waals surface area contributed by atoms with Crippen molar-refractivity contribution in [1.29, 1.82) is 0 Å². The third kappa shape index (κ3) is 3.89. The number of nitrogens with one attached hydrogen (secondary N) is 1. The van der Waals surface area contributed by atoms with E-state index in [0.29, 0.717) is 5.56 Å². The zero-order valence-electron chi connectivity index (χ0n) is 14.7. The highest BCUT2D eigenvalue weighted by Crippen LogP contribution is 2.23. The zero-order valence-corrected chi connectivity index (χ0v) is 14.7. The van der Waals surface area contributed by atoms with Crippen LogP contribution in [-0.4, -0.2) is 11.9 Å². The SMILES string of the molecule is C[C@H]([NH2+][C@H](C)C(=O)Nc1cccc2ccccc12)c1ccc(F)c(F)c1. The van der Waals surface area contributed by atoms with Crippen molar-refractivity contribution in [3.8, 4) is 0 Å². The van der Waals surface area contributed by atoms with Gasteiger partial charge in [0.2, 0.25) is 0 Å². The molecule has 0 heterocycles. The van der Waals surface area contributed by atoms with E-state index in [1.54, 1.807) is 6.92 Å². The number of amides is 1. The van der Waals surface area contributed by atoms with Crippen LogP contribution in [0.2, 0.25) is 0 Å². The van der Waals surface area contributed by atoms with Gasteiger partial charge in [-0.15, -0.1) is 0 Å². The predicted molar refractivity (Wildman–Crippen MR) is 98.7 cm³/mol. The summed E-state index contributed by atoms with van der Waals surface area (Å²) >= 11 is 0. The molecule has 0 unspecified atom stereocenters. The van der Waals surface area contributed by atoms with Crippen molar-refractivity contribution in [2.75, 3.05) is 5.32 Å². The Hall–Kier alpha value is -2.79. The van der Waals surface area contributed by atoms with E-state index in [0.717, 1.165) is 22.5 Å². The van der Waals surface area contributed by atoms with Crippen LogP contribution >= 0.6 is 0 Å². The van der Waals surface area contributed by atoms with Crippen LogP contribution in [0.15, 0.2) is 60.7 Å². The minimum Gasteiger partial charge on any atom is -0.330 e. The summed E-state index contributed by atoms with van der Waals surface area (Å²) in [6, 6.07) is 16.8. The van der Waals surface area contributed by atoms with Crippen LogP contribution in [0.3, 0.4) is 0 Å². The smallest absolute Gasteiger partial charge is 0.282 e. The lowest BCUT2D eigenvalue weighted by atomic mass is 10.1. The van der Waals surface area contributed by atoms with Crippen LogP contribution < -0.4 is 10.6 Å². The number of anilines is 1. The molecule has 3 aromatic rings. The number of quaternary nitrogens is 1. The van der Waals surface area contributed by atoms with Gasteiger partial charge in [0.25, 0.3) is 5.91 Å². The Morgan fingerprint density at radius 2 is 1.69 bits per heavy atom. The number of fused-ring (bicyclic) bond motifs is 1. The van der Waals surface area contributed by atoms with Crippen molar-refractivity contribution in [2.24, 2.45) is 0 Å². The van der Waals surface area contributed by atoms with E-state index in [1.807, 2.05) is 54.7 Å². The molecule has 3 N–H and O–H groups in total. The minimum atomic E-state index is -0.879. The monoisotopic (exact) mass is 355 g/mol. The summed E-state index contributed by atoms with van der Waals surface area (Å²) in [5.41, 5.74) is 1.39. The Morgan fingerprint density at radius 3 is 2.46 bits per heavy atom. The molecule has 3 rings (SSSR count). The summed E-state index contributed by atoms with van der Waals surface area (Å²) in [6.07, 6.45) is 0. The topological polar surface area (TPSA) is 45.7 Å². The van der Waals surface area contributed by atoms with Crippen LogP contribution in [-0.2, 0) is 4.79 Å². The molecule has 0 saturated carbocycles. The van der Waals surface area contributed by atoms with Gasteiger partial charge in [0.05, 0.1) is 0 Å². The molecule has 0 radical (unpaired) electrons. The second-order valence-corrected chi connectivity index (χ2v) is 6.46. The van der Waals surface area contributed by atoms with Crippen LogP contribution in [0, 0.1) is 11.6 Å². The Balaban J connectivity index is 1.70. The summed E-state index contributed by atoms with van der Waals surface area (Å²) in [7, 11) is 0. The van der Waals surface area contributed by atoms with Crippen LogP contribution in [0.1, 0.15) is 25.5 Å². The molecule has 2 atom stereocenters. The summed E-state index contributed by atoms with van der Waals surface area (Å²) < 4.78 is 26.5. The molecule has 3 aromatic carbocycles. The molecule has 0 aliphatic heterocycles. The molecular formula is C21H21F2N2O+. The molecule has 0 fully saturated rings. The van der Waals surface area contributed by atoms with Crippen molar-refractivity contribution in [2.45, 2.75) is 25.9 Å². The van der Waals surface area contributed by atoms with Gasteiger partial charge in [0.1, 0.15) is 6.04 Å². The molecule has 134 valence electrons. The molecule has 0 aliphatic carbocycles. The molecule has 26 heavy (non-hydrogen) atoms. The largest absolute Gasteiger partial charge is 0.330 e. The summed E-state index contributed by atoms with van der Waals surface area (Å²) in [5, 5.41) is 6.81. The van der Waals surface area contributed by atoms with E-state index in [1.165, 1.54) is 12.1 Å². The average Bonchev–Trinajstić information content (AvgIpc) is 2.64. The van der Waals surface area contributed by atoms with Gasteiger partial charge in [-0.3, -0.25) is 4.79 Å². The Kier molecular flexibility index (Phi) is 5.28. The van der Waals surface area contributed by atoms with E-state index in [4.69, 9.17) is 0 Å². The minimum absolute atomic E-state index is 0.143. The van der Waals surface area contributed by atoms with Crippen molar-refractivity contribution in [3.05, 3.63) is 77.9 Å². The summed E-state index contributed by atoms with van der Waals surface area (Å²) in [4.78, 5) is 12.6. The third-order valence-corrected chi connectivity index (χ3v) is 4.51. The summed E-state index contributed by atoms with van der Waals surface area (Å²) in [6.45, 7) is 3.64. The molecule has 0 aromatic heterocycles. The second-order valence-electron chi connectivity index (χ2n) is 6.46. The van der Waals surface area contributed by atoms with Crippen LogP contribution in [0.5, 0.6) is 0 Å². The number of carbonyl (C=O) groups excluding carboxylic acids is 1. The van der Waals surface area contributed by atoms with E-state index < -0.39 is 17.7 Å². The number of hydrogen-bond acceptors (Lipinski definition) is 1. The highest BCUT2D eigenvalue weighted by atomic mass is 19.2. The van der Waals surface area contributed by atoms with E-state index in [2.05, 4.69) is 5.32 Å². The Labute approximate surface area is 151 Å². The maximum atomic E-state index is 13.4. The first-order valence-corrected chi connectivity index (χ1v) is 8.54. The van der Waals surface area contributed by atoms with Crippen molar-refractivity contribution < 1.29 is 18.9 Å². The van der Waals surface area contributed by atoms with Gasteiger partial charge in [-0.2, -0.15) is 0 Å². The van der Waals surface area contributed by atoms with Crippen LogP contribution in [0.25, 0.3) is 10.8 Å². The molecule has 3 nitrogen and oxygen atoms in total. The fourth-order valence-electron chi connectivity index (χ4n) is 3.01. The normalized spacial score (nSPS) is 13.4. The van der Waals surface area contributed by atoms with Gasteiger partial charge in [-0.1, -0.05) is 36.4 Å². The first-order valence-electron chi connectivity index (χ1n) is 8.54. The third-order valence-electron chi connectivity index (χ3n) is 4.51. The maximum Gasteiger partial charge on any atom is 0.282 e. The van der Waals surface area contributed by atoms with Crippen molar-refractivity contribution in [3.63, 3.8) is 0 Å². The fourth-order valence-corrected chi connectivity index (χ4v) is 3.01. The molecule has 0 spiro atoms. The van der Waals surface area contributed by atoms with Crippen molar-refractivity contribution >= 4 is 22.4 Å². The summed E-state index contributed by atoms with van der Waals surface area (Å²) in [5.74, 6) is -1.89. The lowest BCUT2D eigenvalue weighted by molar-refractivity contribution is -0.709. The number of benzene rings is 3. The Bertz CT molecular complexity index is 937. The highest BCUT2D eigenvalue weighted by Gasteiger charge is 2.21. The fraction of sp³-hybridized carbons (Fsp3) is 0.190. The van der Waals surface area contributed by atoms with Gasteiger partial charge >= 0.3 is 0 Å². The zero-order chi connectivity index (χ0) is 18.7. The standard InChI is InChI=1S/C21H20F2N2O/c1-13(16-10-11-18(22)19(23)12-16)24-14(2)21(26)25-20-9-5-7-15-6-3-4-8-17(15)20/h3-14,24H,1-2H3,(H,25,26)/p+1/t13-,14+/m0/s1. The average molecular weight is 355 g/mol. The maximum absolute atomic E-state index is 13.4. The predicted octanol–water partition coefficient (Wildman–Crippen LogP) is 3.77. The second kappa shape index (κ2) is 7.62. The molecular weight excluding hydrogens is 334 g/mol. The highest BCUT2D eigenvalue weighted by molar-refractivity contribution is 6.03. The van der Waals surface area contributed by atoms with Gasteiger partial charge in [-0.05, 0) is 43.5 Å². The number of nitrogens with two attached hydrogens (primary N) is 1. The van der Waals surface area contributed by atoms with Gasteiger partial charge in [-0.25, -0.2) is 8.78 Å². The molecule has 0 saturated heterocycles. The lowest BCUT2D eigenvalue weighted by Crippen LogP contribution is -2.91. The number of carbonyl (C=O) groups is 1. The lowest BCUT2D eigenvalue weighted by Gasteiger charge is -2.17. The number of rotatable bonds is 5. The number of halogens is 2. The van der Waals surface area contributed by atoms with Gasteiger partial charge in [0, 0.05) is 16.6 Å². The Morgan fingerprint density at radius 1 is 0.962 bits per heavy atom. The van der Waals surface area contributed by atoms with E-state index in [-0.39, 0.29) is 11.9 Å². The molecule has 1 amide bonds. The first kappa shape index (κ1) is 18.0.